The molecule has 0 bridgehead atoms. The van der Waals surface area contributed by atoms with Crippen molar-refractivity contribution in [2.24, 2.45) is 0 Å². The van der Waals surface area contributed by atoms with Gasteiger partial charge in [0, 0.05) is 71.8 Å². The number of carbonyl (C=O) groups is 3. The quantitative estimate of drug-likeness (QED) is 0.0134. The van der Waals surface area contributed by atoms with E-state index < -0.39 is 105 Å². The van der Waals surface area contributed by atoms with Crippen LogP contribution in [0, 0.1) is 0 Å². The van der Waals surface area contributed by atoms with E-state index in [1.807, 2.05) is 23.3 Å². The lowest BCUT2D eigenvalue weighted by Gasteiger charge is -2.30. The van der Waals surface area contributed by atoms with Crippen LogP contribution in [0.15, 0.2) is 116 Å². The van der Waals surface area contributed by atoms with Crippen molar-refractivity contribution in [3.05, 3.63) is 108 Å². The first-order valence-electron chi connectivity index (χ1n) is 27.9. The van der Waals surface area contributed by atoms with Crippen LogP contribution in [0.25, 0.3) is 21.5 Å². The highest BCUT2D eigenvalue weighted by atomic mass is 32.2. The topological polar surface area (TPSA) is 397 Å². The summed E-state index contributed by atoms with van der Waals surface area (Å²) in [5.74, 6) is -2.57. The Morgan fingerprint density at radius 3 is 1.59 bits per heavy atom. The van der Waals surface area contributed by atoms with Crippen molar-refractivity contribution >= 4 is 107 Å². The highest BCUT2D eigenvalue weighted by molar-refractivity contribution is 7.87. The fourth-order valence-electron chi connectivity index (χ4n) is 11.0. The molecule has 0 radical (unpaired) electrons. The number of benzene rings is 4. The molecule has 4 aromatic carbocycles. The molecule has 4 aromatic rings. The molecule has 5 N–H and O–H groups in total. The van der Waals surface area contributed by atoms with Crippen molar-refractivity contribution in [1.29, 1.82) is 0 Å². The van der Waals surface area contributed by atoms with Crippen LogP contribution in [0.4, 0.5) is 11.4 Å². The second-order valence-corrected chi connectivity index (χ2v) is 28.6. The largest absolute Gasteiger partial charge is 0.383 e. The molecule has 28 nitrogen and oxygen atoms in total. The van der Waals surface area contributed by atoms with E-state index in [0.717, 1.165) is 12.1 Å². The highest BCUT2D eigenvalue weighted by Gasteiger charge is 2.47. The molecule has 1 fully saturated rings. The lowest BCUT2D eigenvalue weighted by molar-refractivity contribution is -0.442. The Hall–Kier alpha value is -6.25. The molecule has 492 valence electrons. The zero-order chi connectivity index (χ0) is 66.0. The van der Waals surface area contributed by atoms with Gasteiger partial charge in [0.15, 0.2) is 12.3 Å². The Balaban J connectivity index is 1.06. The molecular formula is C57H70N3O25S5+. The first-order chi connectivity index (χ1) is 42.2. The predicted molar refractivity (Wildman–Crippen MR) is 324 cm³/mol. The molecule has 3 aliphatic rings. The Bertz CT molecular complexity index is 4150. The van der Waals surface area contributed by atoms with Crippen molar-refractivity contribution in [2.75, 3.05) is 104 Å². The molecule has 1 saturated heterocycles. The number of hydrogen-bond donors (Lipinski definition) is 5. The van der Waals surface area contributed by atoms with Gasteiger partial charge < -0.3 is 38.2 Å². The van der Waals surface area contributed by atoms with Crippen molar-refractivity contribution in [1.82, 2.24) is 5.06 Å². The number of amides is 2. The average molecular weight is 1360 g/mol. The van der Waals surface area contributed by atoms with E-state index in [0.29, 0.717) is 51.1 Å². The third-order valence-electron chi connectivity index (χ3n) is 14.9. The summed E-state index contributed by atoms with van der Waals surface area (Å²) < 4.78 is 211. The number of hydrogen-bond acceptors (Lipinski definition) is 21. The van der Waals surface area contributed by atoms with Crippen LogP contribution in [-0.4, -0.2) is 197 Å². The zero-order valence-corrected chi connectivity index (χ0v) is 53.5. The summed E-state index contributed by atoms with van der Waals surface area (Å²) in [6.45, 7) is 7.78. The molecular weight excluding hydrogens is 1290 g/mol. The van der Waals surface area contributed by atoms with E-state index in [1.54, 1.807) is 61.6 Å². The van der Waals surface area contributed by atoms with Gasteiger partial charge >= 0.3 is 5.97 Å². The molecule has 3 aliphatic heterocycles. The summed E-state index contributed by atoms with van der Waals surface area (Å²) in [5, 5.41) is 0.497. The maximum Gasteiger partial charge on any atom is 0.335 e. The maximum atomic E-state index is 12.7. The number of nitrogens with zero attached hydrogens (tertiary/aromatic N) is 3. The summed E-state index contributed by atoms with van der Waals surface area (Å²) in [5.41, 5.74) is 0.637. The van der Waals surface area contributed by atoms with Gasteiger partial charge in [-0.2, -0.15) is 46.7 Å². The lowest BCUT2D eigenvalue weighted by atomic mass is 9.75. The molecule has 0 saturated carbocycles. The second-order valence-electron chi connectivity index (χ2n) is 21.4. The molecule has 1 atom stereocenters. The van der Waals surface area contributed by atoms with Gasteiger partial charge in [-0.1, -0.05) is 36.4 Å². The van der Waals surface area contributed by atoms with Crippen LogP contribution in [0.3, 0.4) is 0 Å². The number of ether oxygens (including phenoxy) is 6. The molecule has 0 aliphatic carbocycles. The Morgan fingerprint density at radius 2 is 1.08 bits per heavy atom. The normalized spacial score (nSPS) is 17.9. The number of anilines is 1. The van der Waals surface area contributed by atoms with Gasteiger partial charge in [0.1, 0.15) is 16.4 Å². The van der Waals surface area contributed by atoms with E-state index in [9.17, 15) is 79.2 Å². The number of hydroxylamine groups is 2. The van der Waals surface area contributed by atoms with Crippen LogP contribution in [0.1, 0.15) is 64.0 Å². The minimum Gasteiger partial charge on any atom is -0.383 e. The Morgan fingerprint density at radius 1 is 0.589 bits per heavy atom. The molecule has 90 heavy (non-hydrogen) atoms. The highest BCUT2D eigenvalue weighted by Crippen LogP contribution is 2.54. The van der Waals surface area contributed by atoms with Gasteiger partial charge in [0.25, 0.3) is 62.4 Å². The van der Waals surface area contributed by atoms with Gasteiger partial charge in [0.05, 0.1) is 93.4 Å². The van der Waals surface area contributed by atoms with Gasteiger partial charge in [0.2, 0.25) is 5.69 Å². The Kier molecular flexibility index (Phi) is 23.4. The summed E-state index contributed by atoms with van der Waals surface area (Å²) >= 11 is 0. The molecule has 0 aromatic heterocycles. The number of allylic oxidation sites excluding steroid dienone is 8. The third kappa shape index (κ3) is 17.5. The second kappa shape index (κ2) is 29.6. The smallest absolute Gasteiger partial charge is 0.335 e. The van der Waals surface area contributed by atoms with Gasteiger partial charge in [-0.25, -0.2) is 4.79 Å². The van der Waals surface area contributed by atoms with Gasteiger partial charge in [-0.15, -0.1) is 5.06 Å². The average Bonchev–Trinajstić information content (AvgIpc) is 1.52. The van der Waals surface area contributed by atoms with Gasteiger partial charge in [-0.05, 0) is 92.4 Å². The zero-order valence-electron chi connectivity index (χ0n) is 49.4. The number of methoxy groups -OCH3 is 1. The van der Waals surface area contributed by atoms with Crippen molar-refractivity contribution < 1.29 is 117 Å². The fraction of sp³-hybridized carbons (Fsp3) is 0.439. The SMILES string of the molecule is COCCN1/C(=C/C=C/C=C/C=C/C2=[N+](CCOCCOCCOCCOCCOCCC(=O)ON3C(=O)CCC3=O)c3ccc4c(S(=O)(=O)O)cc(S(=O)(=O)O)cc4c3C2(C)C)C(C)(CCCS(=O)(=O)O)c2c1ccc1c(S(=O)(=O)O)cc(S(=O)(=O)O)cc21. The molecule has 1 unspecified atom stereocenters. The first-order valence-corrected chi connectivity index (χ1v) is 35.2. The van der Waals surface area contributed by atoms with Gasteiger partial charge in [-0.3, -0.25) is 32.4 Å². The summed E-state index contributed by atoms with van der Waals surface area (Å²) in [6.07, 6.45) is 11.6. The van der Waals surface area contributed by atoms with Crippen LogP contribution >= 0.6 is 0 Å². The van der Waals surface area contributed by atoms with Crippen LogP contribution in [0.5, 0.6) is 0 Å². The lowest BCUT2D eigenvalue weighted by Crippen LogP contribution is -2.32. The third-order valence-corrected chi connectivity index (χ3v) is 19.2. The van der Waals surface area contributed by atoms with E-state index in [2.05, 4.69) is 0 Å². The predicted octanol–water partition coefficient (Wildman–Crippen LogP) is 5.08. The van der Waals surface area contributed by atoms with Crippen LogP contribution in [-0.2, 0) is 109 Å². The molecule has 0 spiro atoms. The molecule has 7 rings (SSSR count). The number of imide groups is 1. The minimum absolute atomic E-state index is 0.00157. The van der Waals surface area contributed by atoms with E-state index >= 15 is 0 Å². The summed E-state index contributed by atoms with van der Waals surface area (Å²) in [7, 11) is -23.2. The fourth-order valence-corrected chi connectivity index (χ4v) is 14.2. The Labute approximate surface area is 521 Å². The van der Waals surface area contributed by atoms with Crippen molar-refractivity contribution in [3.8, 4) is 0 Å². The van der Waals surface area contributed by atoms with Crippen LogP contribution in [0.2, 0.25) is 0 Å². The van der Waals surface area contributed by atoms with Crippen LogP contribution < -0.4 is 4.90 Å². The summed E-state index contributed by atoms with van der Waals surface area (Å²) in [4.78, 5) is 38.5. The van der Waals surface area contributed by atoms with E-state index in [4.69, 9.17) is 33.3 Å². The number of rotatable bonds is 34. The van der Waals surface area contributed by atoms with Crippen molar-refractivity contribution in [2.45, 2.75) is 83.3 Å². The minimum atomic E-state index is -5.09. The number of fused-ring (bicyclic) bond motifs is 6. The monoisotopic (exact) mass is 1360 g/mol. The number of carbonyl (C=O) groups excluding carboxylic acids is 3. The van der Waals surface area contributed by atoms with E-state index in [-0.39, 0.29) is 139 Å². The standard InChI is InChI=1S/C57H69N3O25S5/c1-56(2)49(11-8-6-5-7-9-12-50-57(3,20-10-34-86(64,65)66)55-44-36-40(88(70,71)72)38-48(90(76,77)78)42(44)14-16-46(55)59(50)21-24-79-4)58(45-15-13-41-43(54(45)56)35-39(87(67,68)69)37-47(41)89(73,74)75)22-25-81-27-29-83-31-33-84-32-30-82-28-26-80-23-19-53(63)85-60-51(61)17-18-52(60)62/h5-9,11-16,35-38H,10,17-34H2,1-4H3,(H4-,64,65,66,67,68,69,70,71,72,73,74,75,76,77,78)/p+1. The summed E-state index contributed by atoms with van der Waals surface area (Å²) in [6, 6.07) is 9.48. The maximum absolute atomic E-state index is 12.7. The molecule has 33 heteroatoms. The first kappa shape index (κ1) is 71.2. The van der Waals surface area contributed by atoms with Crippen molar-refractivity contribution in [3.63, 3.8) is 0 Å². The molecule has 2 amide bonds. The van der Waals surface area contributed by atoms with E-state index in [1.165, 1.54) is 19.2 Å². The molecule has 3 heterocycles.